The highest BCUT2D eigenvalue weighted by atomic mass is 16.3. The number of hydrogen-bond acceptors (Lipinski definition) is 2. The van der Waals surface area contributed by atoms with E-state index in [1.54, 1.807) is 19.1 Å². The molecule has 0 aromatic heterocycles. The fourth-order valence-electron chi connectivity index (χ4n) is 1.24. The van der Waals surface area contributed by atoms with Gasteiger partial charge < -0.3 is 16.2 Å². The molecule has 1 aromatic carbocycles. The molecule has 14 heavy (non-hydrogen) atoms. The minimum atomic E-state index is -0.733. The van der Waals surface area contributed by atoms with Crippen LogP contribution in [0.5, 0.6) is 0 Å². The van der Waals surface area contributed by atoms with Crippen LogP contribution in [0.1, 0.15) is 18.6 Å². The van der Waals surface area contributed by atoms with Gasteiger partial charge in [0.15, 0.2) is 0 Å². The largest absolute Gasteiger partial charge is 0.386 e. The van der Waals surface area contributed by atoms with Gasteiger partial charge >= 0.3 is 6.03 Å². The number of benzene rings is 1. The molecule has 0 saturated carbocycles. The lowest BCUT2D eigenvalue weighted by Crippen LogP contribution is -2.40. The molecule has 2 amide bonds. The van der Waals surface area contributed by atoms with E-state index in [1.807, 2.05) is 18.2 Å². The van der Waals surface area contributed by atoms with Gasteiger partial charge in [-0.25, -0.2) is 4.79 Å². The molecule has 0 aliphatic rings. The monoisotopic (exact) mass is 194 g/mol. The second-order valence-electron chi connectivity index (χ2n) is 3.15. The van der Waals surface area contributed by atoms with E-state index in [9.17, 15) is 9.90 Å². The molecule has 2 atom stereocenters. The summed E-state index contributed by atoms with van der Waals surface area (Å²) in [6.45, 7) is 1.70. The van der Waals surface area contributed by atoms with E-state index in [2.05, 4.69) is 5.32 Å². The Bertz CT molecular complexity index is 300. The summed E-state index contributed by atoms with van der Waals surface area (Å²) in [6.07, 6.45) is -0.733. The predicted molar refractivity (Wildman–Crippen MR) is 53.6 cm³/mol. The molecule has 76 valence electrons. The molecule has 0 aliphatic carbocycles. The third-order valence-electron chi connectivity index (χ3n) is 1.98. The lowest BCUT2D eigenvalue weighted by atomic mass is 10.0. The number of nitrogens with two attached hydrogens (primary N) is 1. The summed E-state index contributed by atoms with van der Waals surface area (Å²) in [5.74, 6) is 0. The highest BCUT2D eigenvalue weighted by Gasteiger charge is 2.16. The van der Waals surface area contributed by atoms with Gasteiger partial charge in [0.25, 0.3) is 0 Å². The Balaban J connectivity index is 2.65. The molecular weight excluding hydrogens is 180 g/mol. The molecule has 4 N–H and O–H groups in total. The fraction of sp³-hybridized carbons (Fsp3) is 0.300. The summed E-state index contributed by atoms with van der Waals surface area (Å²) in [6, 6.07) is 8.09. The zero-order valence-corrected chi connectivity index (χ0v) is 7.97. The Morgan fingerprint density at radius 2 is 2.00 bits per heavy atom. The number of rotatable bonds is 3. The molecule has 0 heterocycles. The highest BCUT2D eigenvalue weighted by molar-refractivity contribution is 5.72. The van der Waals surface area contributed by atoms with Crippen LogP contribution in [-0.4, -0.2) is 17.2 Å². The number of urea groups is 1. The first-order chi connectivity index (χ1) is 6.61. The Morgan fingerprint density at radius 3 is 2.50 bits per heavy atom. The van der Waals surface area contributed by atoms with Crippen molar-refractivity contribution < 1.29 is 9.90 Å². The van der Waals surface area contributed by atoms with E-state index in [-0.39, 0.29) is 0 Å². The van der Waals surface area contributed by atoms with Gasteiger partial charge in [0.2, 0.25) is 0 Å². The van der Waals surface area contributed by atoms with Gasteiger partial charge in [0.1, 0.15) is 0 Å². The maximum absolute atomic E-state index is 10.5. The van der Waals surface area contributed by atoms with Gasteiger partial charge in [-0.3, -0.25) is 0 Å². The fourth-order valence-corrected chi connectivity index (χ4v) is 1.24. The Morgan fingerprint density at radius 1 is 1.43 bits per heavy atom. The molecule has 0 radical (unpaired) electrons. The van der Waals surface area contributed by atoms with Crippen LogP contribution in [0.4, 0.5) is 4.79 Å². The number of aliphatic hydroxyl groups is 1. The smallest absolute Gasteiger partial charge is 0.312 e. The van der Waals surface area contributed by atoms with Crippen LogP contribution in [0.25, 0.3) is 0 Å². The van der Waals surface area contributed by atoms with Crippen LogP contribution < -0.4 is 11.1 Å². The van der Waals surface area contributed by atoms with Crippen molar-refractivity contribution in [3.8, 4) is 0 Å². The molecule has 4 heteroatoms. The summed E-state index contributed by atoms with van der Waals surface area (Å²) in [5, 5.41) is 12.2. The SMILES string of the molecule is C[C@@H](NC(N)=O)[C@@H](O)c1ccccc1. The standard InChI is InChI=1S/C10H14N2O2/c1-7(12-10(11)14)9(13)8-5-3-2-4-6-8/h2-7,9,13H,1H3,(H3,11,12,14)/t7-,9-/m1/s1. The molecule has 0 aliphatic heterocycles. The minimum absolute atomic E-state index is 0.394. The van der Waals surface area contributed by atoms with Crippen LogP contribution in [0.15, 0.2) is 30.3 Å². The van der Waals surface area contributed by atoms with E-state index in [1.165, 1.54) is 0 Å². The first-order valence-corrected chi connectivity index (χ1v) is 4.40. The number of aliphatic hydroxyl groups excluding tert-OH is 1. The van der Waals surface area contributed by atoms with Crippen molar-refractivity contribution in [1.82, 2.24) is 5.32 Å². The number of carbonyl (C=O) groups is 1. The second-order valence-corrected chi connectivity index (χ2v) is 3.15. The van der Waals surface area contributed by atoms with Crippen LogP contribution in [0, 0.1) is 0 Å². The number of amides is 2. The average Bonchev–Trinajstić information content (AvgIpc) is 2.17. The highest BCUT2D eigenvalue weighted by Crippen LogP contribution is 2.15. The molecular formula is C10H14N2O2. The molecule has 0 fully saturated rings. The molecule has 1 rings (SSSR count). The first kappa shape index (κ1) is 10.5. The molecule has 0 unspecified atom stereocenters. The van der Waals surface area contributed by atoms with Gasteiger partial charge in [0.05, 0.1) is 12.1 Å². The van der Waals surface area contributed by atoms with Crippen molar-refractivity contribution in [2.75, 3.05) is 0 Å². The summed E-state index contributed by atoms with van der Waals surface area (Å²) >= 11 is 0. The summed E-state index contributed by atoms with van der Waals surface area (Å²) in [7, 11) is 0. The van der Waals surface area contributed by atoms with Gasteiger partial charge in [0, 0.05) is 0 Å². The number of nitrogens with one attached hydrogen (secondary N) is 1. The first-order valence-electron chi connectivity index (χ1n) is 4.40. The maximum Gasteiger partial charge on any atom is 0.312 e. The summed E-state index contributed by atoms with van der Waals surface area (Å²) in [4.78, 5) is 10.5. The van der Waals surface area contributed by atoms with Crippen molar-refractivity contribution in [2.45, 2.75) is 19.1 Å². The molecule has 0 spiro atoms. The van der Waals surface area contributed by atoms with E-state index in [0.717, 1.165) is 5.56 Å². The second kappa shape index (κ2) is 4.62. The quantitative estimate of drug-likeness (QED) is 0.665. The van der Waals surface area contributed by atoms with Gasteiger partial charge in [-0.1, -0.05) is 30.3 Å². The summed E-state index contributed by atoms with van der Waals surface area (Å²) in [5.41, 5.74) is 5.71. The molecule has 0 saturated heterocycles. The van der Waals surface area contributed by atoms with Crippen LogP contribution in [-0.2, 0) is 0 Å². The van der Waals surface area contributed by atoms with Crippen molar-refractivity contribution in [3.05, 3.63) is 35.9 Å². The Kier molecular flexibility index (Phi) is 3.48. The van der Waals surface area contributed by atoms with Gasteiger partial charge in [-0.15, -0.1) is 0 Å². The van der Waals surface area contributed by atoms with E-state index >= 15 is 0 Å². The van der Waals surface area contributed by atoms with Crippen LogP contribution in [0.2, 0.25) is 0 Å². The molecule has 0 bridgehead atoms. The maximum atomic E-state index is 10.5. The van der Waals surface area contributed by atoms with Crippen molar-refractivity contribution in [2.24, 2.45) is 5.73 Å². The minimum Gasteiger partial charge on any atom is -0.386 e. The number of hydrogen-bond donors (Lipinski definition) is 3. The van der Waals surface area contributed by atoms with Crippen LogP contribution >= 0.6 is 0 Å². The normalized spacial score (nSPS) is 14.4. The average molecular weight is 194 g/mol. The zero-order valence-electron chi connectivity index (χ0n) is 7.97. The van der Waals surface area contributed by atoms with Crippen molar-refractivity contribution >= 4 is 6.03 Å². The predicted octanol–water partition coefficient (Wildman–Crippen LogP) is 0.777. The third-order valence-corrected chi connectivity index (χ3v) is 1.98. The van der Waals surface area contributed by atoms with E-state index < -0.39 is 18.2 Å². The summed E-state index contributed by atoms with van der Waals surface area (Å²) < 4.78 is 0. The number of carbonyl (C=O) groups excluding carboxylic acids is 1. The Hall–Kier alpha value is -1.55. The van der Waals surface area contributed by atoms with Gasteiger partial charge in [-0.05, 0) is 12.5 Å². The zero-order chi connectivity index (χ0) is 10.6. The molecule has 4 nitrogen and oxygen atoms in total. The lowest BCUT2D eigenvalue weighted by Gasteiger charge is -2.19. The number of primary amides is 1. The van der Waals surface area contributed by atoms with Crippen molar-refractivity contribution in [3.63, 3.8) is 0 Å². The lowest BCUT2D eigenvalue weighted by molar-refractivity contribution is 0.138. The topological polar surface area (TPSA) is 75.3 Å². The Labute approximate surface area is 82.7 Å². The molecule has 1 aromatic rings. The van der Waals surface area contributed by atoms with Crippen LogP contribution in [0.3, 0.4) is 0 Å². The van der Waals surface area contributed by atoms with E-state index in [0.29, 0.717) is 0 Å². The van der Waals surface area contributed by atoms with Crippen molar-refractivity contribution in [1.29, 1.82) is 0 Å². The van der Waals surface area contributed by atoms with E-state index in [4.69, 9.17) is 5.73 Å². The van der Waals surface area contributed by atoms with Gasteiger partial charge in [-0.2, -0.15) is 0 Å². The third kappa shape index (κ3) is 2.74.